The Morgan fingerprint density at radius 1 is 1.36 bits per heavy atom. The lowest BCUT2D eigenvalue weighted by molar-refractivity contribution is -0.384. The lowest BCUT2D eigenvalue weighted by Crippen LogP contribution is -2.36. The lowest BCUT2D eigenvalue weighted by atomic mass is 10.0. The van der Waals surface area contributed by atoms with Crippen LogP contribution in [0.2, 0.25) is 0 Å². The van der Waals surface area contributed by atoms with Crippen LogP contribution in [0.4, 0.5) is 11.4 Å². The van der Waals surface area contributed by atoms with E-state index >= 15 is 0 Å². The highest BCUT2D eigenvalue weighted by atomic mass is 16.6. The van der Waals surface area contributed by atoms with Gasteiger partial charge < -0.3 is 15.4 Å². The minimum absolute atomic E-state index is 0.0146. The maximum Gasteiger partial charge on any atom is 0.310 e. The van der Waals surface area contributed by atoms with Crippen molar-refractivity contribution in [3.63, 3.8) is 0 Å². The second kappa shape index (κ2) is 8.46. The van der Waals surface area contributed by atoms with E-state index < -0.39 is 10.9 Å². The molecule has 1 aliphatic carbocycles. The highest BCUT2D eigenvalue weighted by molar-refractivity contribution is 5.80. The zero-order valence-electron chi connectivity index (χ0n) is 14.4. The number of nitro benzene ring substituents is 1. The molecule has 0 radical (unpaired) electrons. The van der Waals surface area contributed by atoms with Crippen molar-refractivity contribution in [1.82, 2.24) is 5.32 Å². The summed E-state index contributed by atoms with van der Waals surface area (Å²) < 4.78 is 4.87. The number of carbonyl (C=O) groups is 2. The van der Waals surface area contributed by atoms with Gasteiger partial charge in [-0.2, -0.15) is 0 Å². The number of rotatable bonds is 7. The predicted octanol–water partition coefficient (Wildman–Crippen LogP) is 2.03. The molecule has 2 rings (SSSR count). The van der Waals surface area contributed by atoms with E-state index in [4.69, 9.17) is 4.74 Å². The Morgan fingerprint density at radius 3 is 2.76 bits per heavy atom. The monoisotopic (exact) mass is 349 g/mol. The smallest absolute Gasteiger partial charge is 0.310 e. The van der Waals surface area contributed by atoms with Crippen LogP contribution in [-0.4, -0.2) is 36.5 Å². The molecule has 2 atom stereocenters. The Bertz CT molecular complexity index is 662. The zero-order valence-corrected chi connectivity index (χ0v) is 14.4. The number of hydrogen-bond donors (Lipinski definition) is 2. The van der Waals surface area contributed by atoms with Crippen molar-refractivity contribution in [2.45, 2.75) is 38.6 Å². The molecule has 1 aromatic rings. The molecule has 136 valence electrons. The molecule has 1 aromatic carbocycles. The standard InChI is InChI=1S/C17H23N3O5/c1-3-25-16(21)10-11-7-8-14(15(9-11)20(23)24)19-13-6-4-5-12(13)17(22)18-2/h7-9,12-13,19H,3-6,10H2,1-2H3,(H,18,22). The maximum absolute atomic E-state index is 11.9. The molecule has 25 heavy (non-hydrogen) atoms. The van der Waals surface area contributed by atoms with Crippen LogP contribution in [0, 0.1) is 16.0 Å². The molecule has 1 fully saturated rings. The van der Waals surface area contributed by atoms with Crippen LogP contribution in [0.3, 0.4) is 0 Å². The van der Waals surface area contributed by atoms with Gasteiger partial charge in [0, 0.05) is 19.2 Å². The predicted molar refractivity (Wildman–Crippen MR) is 92.3 cm³/mol. The summed E-state index contributed by atoms with van der Waals surface area (Å²) in [6.45, 7) is 1.97. The number of ether oxygens (including phenoxy) is 1. The van der Waals surface area contributed by atoms with Gasteiger partial charge in [-0.25, -0.2) is 0 Å². The van der Waals surface area contributed by atoms with E-state index in [9.17, 15) is 19.7 Å². The first-order chi connectivity index (χ1) is 12.0. The van der Waals surface area contributed by atoms with Crippen molar-refractivity contribution in [1.29, 1.82) is 0 Å². The fraction of sp³-hybridized carbons (Fsp3) is 0.529. The van der Waals surface area contributed by atoms with Gasteiger partial charge in [0.05, 0.1) is 23.9 Å². The van der Waals surface area contributed by atoms with Crippen molar-refractivity contribution >= 4 is 23.3 Å². The molecule has 0 heterocycles. The molecule has 2 N–H and O–H groups in total. The number of nitrogens with zero attached hydrogens (tertiary/aromatic N) is 1. The van der Waals surface area contributed by atoms with E-state index in [0.717, 1.165) is 19.3 Å². The van der Waals surface area contributed by atoms with E-state index in [0.29, 0.717) is 11.3 Å². The van der Waals surface area contributed by atoms with E-state index in [1.54, 1.807) is 26.1 Å². The first kappa shape index (κ1) is 18.7. The number of carbonyl (C=O) groups excluding carboxylic acids is 2. The van der Waals surface area contributed by atoms with Crippen molar-refractivity contribution in [3.8, 4) is 0 Å². The summed E-state index contributed by atoms with van der Waals surface area (Å²) in [7, 11) is 1.59. The Morgan fingerprint density at radius 2 is 2.12 bits per heavy atom. The number of nitro groups is 1. The van der Waals surface area contributed by atoms with Crippen LogP contribution in [0.25, 0.3) is 0 Å². The fourth-order valence-electron chi connectivity index (χ4n) is 3.17. The van der Waals surface area contributed by atoms with Gasteiger partial charge in [0.25, 0.3) is 5.69 Å². The summed E-state index contributed by atoms with van der Waals surface area (Å²) in [5, 5.41) is 17.2. The molecule has 0 saturated heterocycles. The highest BCUT2D eigenvalue weighted by Crippen LogP contribution is 2.33. The van der Waals surface area contributed by atoms with Gasteiger partial charge >= 0.3 is 5.97 Å². The normalized spacial score (nSPS) is 19.3. The molecule has 1 amide bonds. The number of benzene rings is 1. The summed E-state index contributed by atoms with van der Waals surface area (Å²) in [4.78, 5) is 34.4. The Labute approximate surface area is 146 Å². The van der Waals surface area contributed by atoms with Crippen molar-refractivity contribution in [2.75, 3.05) is 19.0 Å². The lowest BCUT2D eigenvalue weighted by Gasteiger charge is -2.21. The first-order valence-electron chi connectivity index (χ1n) is 8.37. The average molecular weight is 349 g/mol. The summed E-state index contributed by atoms with van der Waals surface area (Å²) in [6.07, 6.45) is 2.41. The molecule has 0 aromatic heterocycles. The summed E-state index contributed by atoms with van der Waals surface area (Å²) in [6, 6.07) is 4.49. The van der Waals surface area contributed by atoms with Gasteiger partial charge in [0.2, 0.25) is 5.91 Å². The maximum atomic E-state index is 11.9. The van der Waals surface area contributed by atoms with Gasteiger partial charge in [-0.15, -0.1) is 0 Å². The van der Waals surface area contributed by atoms with Crippen LogP contribution < -0.4 is 10.6 Å². The number of hydrogen-bond acceptors (Lipinski definition) is 6. The van der Waals surface area contributed by atoms with Gasteiger partial charge in [-0.1, -0.05) is 12.5 Å². The van der Waals surface area contributed by atoms with E-state index in [2.05, 4.69) is 10.6 Å². The average Bonchev–Trinajstić information content (AvgIpc) is 3.03. The molecule has 8 nitrogen and oxygen atoms in total. The van der Waals surface area contributed by atoms with Crippen LogP contribution in [0.15, 0.2) is 18.2 Å². The van der Waals surface area contributed by atoms with Gasteiger partial charge in [0.15, 0.2) is 0 Å². The van der Waals surface area contributed by atoms with Crippen LogP contribution in [0.1, 0.15) is 31.7 Å². The number of anilines is 1. The largest absolute Gasteiger partial charge is 0.466 e. The number of amides is 1. The third kappa shape index (κ3) is 4.68. The highest BCUT2D eigenvalue weighted by Gasteiger charge is 2.33. The first-order valence-corrected chi connectivity index (χ1v) is 8.37. The molecular weight excluding hydrogens is 326 g/mol. The third-order valence-electron chi connectivity index (χ3n) is 4.35. The summed E-state index contributed by atoms with van der Waals surface area (Å²) in [5.41, 5.74) is 0.771. The second-order valence-corrected chi connectivity index (χ2v) is 5.99. The molecular formula is C17H23N3O5. The SMILES string of the molecule is CCOC(=O)Cc1ccc(NC2CCCC2C(=O)NC)c([N+](=O)[O-])c1. The van der Waals surface area contributed by atoms with Gasteiger partial charge in [0.1, 0.15) is 5.69 Å². The summed E-state index contributed by atoms with van der Waals surface area (Å²) >= 11 is 0. The minimum Gasteiger partial charge on any atom is -0.466 e. The van der Waals surface area contributed by atoms with Crippen molar-refractivity contribution in [2.24, 2.45) is 5.92 Å². The molecule has 8 heteroatoms. The van der Waals surface area contributed by atoms with Crippen LogP contribution in [0.5, 0.6) is 0 Å². The van der Waals surface area contributed by atoms with Crippen LogP contribution in [-0.2, 0) is 20.7 Å². The van der Waals surface area contributed by atoms with Gasteiger partial charge in [-0.05, 0) is 31.4 Å². The quantitative estimate of drug-likeness (QED) is 0.443. The molecule has 1 saturated carbocycles. The van der Waals surface area contributed by atoms with Crippen molar-refractivity contribution in [3.05, 3.63) is 33.9 Å². The van der Waals surface area contributed by atoms with E-state index in [1.807, 2.05) is 0 Å². The molecule has 1 aliphatic rings. The number of nitrogens with one attached hydrogen (secondary N) is 2. The molecule has 0 bridgehead atoms. The topological polar surface area (TPSA) is 111 Å². The van der Waals surface area contributed by atoms with Gasteiger partial charge in [-0.3, -0.25) is 19.7 Å². The fourth-order valence-corrected chi connectivity index (χ4v) is 3.17. The zero-order chi connectivity index (χ0) is 18.4. The Kier molecular flexibility index (Phi) is 6.32. The van der Waals surface area contributed by atoms with Crippen molar-refractivity contribution < 1.29 is 19.2 Å². The number of esters is 1. The third-order valence-corrected chi connectivity index (χ3v) is 4.35. The van der Waals surface area contributed by atoms with Crippen LogP contribution >= 0.6 is 0 Å². The Balaban J connectivity index is 2.18. The molecule has 0 spiro atoms. The molecule has 0 aliphatic heterocycles. The second-order valence-electron chi connectivity index (χ2n) is 5.99. The minimum atomic E-state index is -0.485. The molecule has 2 unspecified atom stereocenters. The summed E-state index contributed by atoms with van der Waals surface area (Å²) in [5.74, 6) is -0.687. The van der Waals surface area contributed by atoms with E-state index in [1.165, 1.54) is 6.07 Å². The Hall–Kier alpha value is -2.64. The van der Waals surface area contributed by atoms with E-state index in [-0.39, 0.29) is 36.6 Å².